The molecule has 1 aromatic heterocycles. The molecule has 1 amide bonds. The van der Waals surface area contributed by atoms with Crippen molar-refractivity contribution in [2.75, 3.05) is 19.4 Å². The van der Waals surface area contributed by atoms with Crippen molar-refractivity contribution in [2.45, 2.75) is 19.6 Å². The summed E-state index contributed by atoms with van der Waals surface area (Å²) in [6.07, 6.45) is 3.40. The van der Waals surface area contributed by atoms with Crippen LogP contribution in [0.2, 0.25) is 5.02 Å². The van der Waals surface area contributed by atoms with Gasteiger partial charge in [-0.2, -0.15) is 5.10 Å². The Labute approximate surface area is 181 Å². The summed E-state index contributed by atoms with van der Waals surface area (Å²) in [7, 11) is 3.71. The fourth-order valence-corrected chi connectivity index (χ4v) is 3.22. The summed E-state index contributed by atoms with van der Waals surface area (Å²) in [5.74, 6) is 0.627. The molecule has 0 atom stereocenters. The molecule has 0 aliphatic carbocycles. The molecule has 0 bridgehead atoms. The number of hydrogen-bond donors (Lipinski definition) is 2. The van der Waals surface area contributed by atoms with Gasteiger partial charge in [-0.15, -0.1) is 0 Å². The van der Waals surface area contributed by atoms with E-state index in [9.17, 15) is 4.79 Å². The average molecular weight is 425 g/mol. The Balaban J connectivity index is 1.55. The van der Waals surface area contributed by atoms with Crippen LogP contribution in [0.5, 0.6) is 0 Å². The smallest absolute Gasteiger partial charge is 0.246 e. The van der Waals surface area contributed by atoms with Crippen molar-refractivity contribution < 1.29 is 4.79 Å². The van der Waals surface area contributed by atoms with E-state index in [1.54, 1.807) is 30.2 Å². The zero-order chi connectivity index (χ0) is 21.3. The van der Waals surface area contributed by atoms with E-state index in [-0.39, 0.29) is 12.5 Å². The Morgan fingerprint density at radius 2 is 2.03 bits per heavy atom. The fourth-order valence-electron chi connectivity index (χ4n) is 3.02. The van der Waals surface area contributed by atoms with Crippen LogP contribution in [0, 0.1) is 0 Å². The summed E-state index contributed by atoms with van der Waals surface area (Å²) in [5.41, 5.74) is 2.80. The normalized spacial score (nSPS) is 11.2. The van der Waals surface area contributed by atoms with Gasteiger partial charge in [0.15, 0.2) is 5.96 Å². The predicted molar refractivity (Wildman–Crippen MR) is 120 cm³/mol. The van der Waals surface area contributed by atoms with Gasteiger partial charge in [-0.3, -0.25) is 14.5 Å². The molecule has 3 aromatic rings. The molecule has 2 N–H and O–H groups in total. The Bertz CT molecular complexity index is 1000. The zero-order valence-corrected chi connectivity index (χ0v) is 17.8. The number of nitrogens with one attached hydrogen (secondary N) is 2. The zero-order valence-electron chi connectivity index (χ0n) is 17.0. The molecule has 0 aliphatic rings. The Hall–Kier alpha value is -3.32. The van der Waals surface area contributed by atoms with Gasteiger partial charge in [0.05, 0.1) is 0 Å². The van der Waals surface area contributed by atoms with Crippen LogP contribution in [0.3, 0.4) is 0 Å². The molecule has 1 heterocycles. The molecule has 156 valence electrons. The molecule has 0 spiro atoms. The van der Waals surface area contributed by atoms with E-state index < -0.39 is 0 Å². The minimum atomic E-state index is -0.126. The quantitative estimate of drug-likeness (QED) is 0.450. The van der Waals surface area contributed by atoms with E-state index in [4.69, 9.17) is 11.6 Å². The first kappa shape index (κ1) is 21.4. The minimum absolute atomic E-state index is 0.126. The number of anilines is 1. The van der Waals surface area contributed by atoms with Gasteiger partial charge in [-0.05, 0) is 35.4 Å². The molecule has 2 aromatic carbocycles. The molecule has 0 radical (unpaired) electrons. The summed E-state index contributed by atoms with van der Waals surface area (Å²) in [6.45, 7) is 1.39. The molecular formula is C22H25ClN6O. The number of guanidine groups is 1. The third-order valence-electron chi connectivity index (χ3n) is 4.46. The summed E-state index contributed by atoms with van der Waals surface area (Å²) in [5, 5.41) is 11.0. The van der Waals surface area contributed by atoms with E-state index in [1.165, 1.54) is 0 Å². The third kappa shape index (κ3) is 6.09. The number of amides is 1. The molecule has 30 heavy (non-hydrogen) atoms. The van der Waals surface area contributed by atoms with Crippen LogP contribution >= 0.6 is 11.6 Å². The number of benzene rings is 2. The van der Waals surface area contributed by atoms with Crippen LogP contribution in [0.4, 0.5) is 5.69 Å². The lowest BCUT2D eigenvalue weighted by Gasteiger charge is -2.22. The van der Waals surface area contributed by atoms with Crippen LogP contribution in [-0.2, 0) is 24.4 Å². The lowest BCUT2D eigenvalue weighted by molar-refractivity contribution is -0.116. The van der Waals surface area contributed by atoms with Crippen molar-refractivity contribution in [3.63, 3.8) is 0 Å². The summed E-state index contributed by atoms with van der Waals surface area (Å²) in [6, 6.07) is 17.3. The Morgan fingerprint density at radius 3 is 2.77 bits per heavy atom. The highest BCUT2D eigenvalue weighted by atomic mass is 35.5. The fraction of sp³-hybridized carbons (Fsp3) is 0.227. The van der Waals surface area contributed by atoms with Crippen LogP contribution in [0.15, 0.2) is 72.0 Å². The Kier molecular flexibility index (Phi) is 7.45. The van der Waals surface area contributed by atoms with Crippen LogP contribution < -0.4 is 10.6 Å². The van der Waals surface area contributed by atoms with E-state index in [1.807, 2.05) is 60.5 Å². The van der Waals surface area contributed by atoms with Crippen LogP contribution in [0.1, 0.15) is 11.1 Å². The first-order valence-electron chi connectivity index (χ1n) is 9.56. The van der Waals surface area contributed by atoms with Gasteiger partial charge in [-0.1, -0.05) is 41.9 Å². The van der Waals surface area contributed by atoms with Gasteiger partial charge in [-0.25, -0.2) is 0 Å². The number of carbonyl (C=O) groups excluding carboxylic acids is 1. The van der Waals surface area contributed by atoms with Gasteiger partial charge in [0.2, 0.25) is 5.91 Å². The van der Waals surface area contributed by atoms with Crippen molar-refractivity contribution in [3.05, 3.63) is 83.1 Å². The topological polar surface area (TPSA) is 74.5 Å². The summed E-state index contributed by atoms with van der Waals surface area (Å²) < 4.78 is 1.58. The van der Waals surface area contributed by atoms with Crippen molar-refractivity contribution in [3.8, 4) is 0 Å². The van der Waals surface area contributed by atoms with Crippen molar-refractivity contribution >= 4 is 29.2 Å². The molecule has 0 fully saturated rings. The number of halogens is 1. The number of hydrogen-bond acceptors (Lipinski definition) is 3. The van der Waals surface area contributed by atoms with Gasteiger partial charge in [0, 0.05) is 50.3 Å². The van der Waals surface area contributed by atoms with Gasteiger partial charge in [0.1, 0.15) is 6.54 Å². The highest BCUT2D eigenvalue weighted by Crippen LogP contribution is 2.16. The number of carbonyl (C=O) groups is 1. The number of nitrogens with zero attached hydrogens (tertiary/aromatic N) is 4. The lowest BCUT2D eigenvalue weighted by atomic mass is 10.2. The monoisotopic (exact) mass is 424 g/mol. The van der Waals surface area contributed by atoms with Crippen LogP contribution in [-0.4, -0.2) is 40.6 Å². The number of aliphatic imine (C=N–C) groups is 1. The van der Waals surface area contributed by atoms with Crippen molar-refractivity contribution in [1.82, 2.24) is 20.0 Å². The van der Waals surface area contributed by atoms with Gasteiger partial charge in [0.25, 0.3) is 0 Å². The van der Waals surface area contributed by atoms with Crippen molar-refractivity contribution in [2.24, 2.45) is 4.99 Å². The molecule has 0 saturated heterocycles. The maximum atomic E-state index is 12.2. The second kappa shape index (κ2) is 10.5. The molecule has 0 aliphatic heterocycles. The molecule has 8 heteroatoms. The highest BCUT2D eigenvalue weighted by molar-refractivity contribution is 6.31. The third-order valence-corrected chi connectivity index (χ3v) is 4.83. The van der Waals surface area contributed by atoms with Crippen molar-refractivity contribution in [1.29, 1.82) is 0 Å². The van der Waals surface area contributed by atoms with E-state index in [0.29, 0.717) is 13.1 Å². The standard InChI is InChI=1S/C22H25ClN6O/c1-24-22(28(2)15-18-8-3-4-10-20(18)23)25-14-17-7-5-9-19(13-17)27-21(30)16-29-12-6-11-26-29/h3-13H,14-16H2,1-2H3,(H,24,25)(H,27,30). The SMILES string of the molecule is CN=C(NCc1cccc(NC(=O)Cn2cccn2)c1)N(C)Cc1ccccc1Cl. The second-order valence-electron chi connectivity index (χ2n) is 6.80. The molecular weight excluding hydrogens is 400 g/mol. The molecule has 0 unspecified atom stereocenters. The largest absolute Gasteiger partial charge is 0.352 e. The number of aromatic nitrogens is 2. The van der Waals surface area contributed by atoms with E-state index in [0.717, 1.165) is 27.8 Å². The van der Waals surface area contributed by atoms with E-state index >= 15 is 0 Å². The predicted octanol–water partition coefficient (Wildman–Crippen LogP) is 3.38. The summed E-state index contributed by atoms with van der Waals surface area (Å²) >= 11 is 6.27. The molecule has 0 saturated carbocycles. The highest BCUT2D eigenvalue weighted by Gasteiger charge is 2.09. The van der Waals surface area contributed by atoms with E-state index in [2.05, 4.69) is 20.7 Å². The molecule has 3 rings (SSSR count). The first-order chi connectivity index (χ1) is 14.5. The van der Waals surface area contributed by atoms with Crippen LogP contribution in [0.25, 0.3) is 0 Å². The Morgan fingerprint density at radius 1 is 1.20 bits per heavy atom. The van der Waals surface area contributed by atoms with Gasteiger partial charge >= 0.3 is 0 Å². The number of rotatable bonds is 7. The average Bonchev–Trinajstić information content (AvgIpc) is 3.23. The van der Waals surface area contributed by atoms with Gasteiger partial charge < -0.3 is 15.5 Å². The minimum Gasteiger partial charge on any atom is -0.352 e. The lowest BCUT2D eigenvalue weighted by Crippen LogP contribution is -2.38. The maximum absolute atomic E-state index is 12.2. The summed E-state index contributed by atoms with van der Waals surface area (Å²) in [4.78, 5) is 18.5. The second-order valence-corrected chi connectivity index (χ2v) is 7.21. The molecule has 7 nitrogen and oxygen atoms in total. The maximum Gasteiger partial charge on any atom is 0.246 e. The first-order valence-corrected chi connectivity index (χ1v) is 9.94.